The van der Waals surface area contributed by atoms with Gasteiger partial charge < -0.3 is 10.5 Å². The maximum absolute atomic E-state index is 11.5. The number of unbranched alkanes of at least 4 members (excludes halogenated alkanes) is 5. The lowest BCUT2D eigenvalue weighted by Gasteiger charge is -2.04. The van der Waals surface area contributed by atoms with Crippen LogP contribution in [0.5, 0.6) is 0 Å². The van der Waals surface area contributed by atoms with Crippen molar-refractivity contribution < 1.29 is 9.53 Å². The van der Waals surface area contributed by atoms with Crippen molar-refractivity contribution in [1.82, 2.24) is 15.0 Å². The Labute approximate surface area is 114 Å². The lowest BCUT2D eigenvalue weighted by atomic mass is 10.1. The van der Waals surface area contributed by atoms with Crippen LogP contribution in [-0.4, -0.2) is 27.6 Å². The minimum atomic E-state index is -0.276. The van der Waals surface area contributed by atoms with Crippen LogP contribution in [0.2, 0.25) is 0 Å². The van der Waals surface area contributed by atoms with Gasteiger partial charge in [0.2, 0.25) is 0 Å². The third kappa shape index (κ3) is 6.91. The van der Waals surface area contributed by atoms with Crippen molar-refractivity contribution in [2.45, 2.75) is 58.5 Å². The molecule has 1 aromatic rings. The zero-order chi connectivity index (χ0) is 13.9. The number of hydrogen-bond donors (Lipinski definition) is 1. The highest BCUT2D eigenvalue weighted by molar-refractivity contribution is 5.68. The summed E-state index contributed by atoms with van der Waals surface area (Å²) in [4.78, 5) is 11.5. The van der Waals surface area contributed by atoms with Gasteiger partial charge in [-0.05, 0) is 6.42 Å². The fraction of sp³-hybridized carbons (Fsp3) is 0.769. The van der Waals surface area contributed by atoms with Gasteiger partial charge in [0.15, 0.2) is 0 Å². The average Bonchev–Trinajstić information content (AvgIpc) is 2.85. The minimum absolute atomic E-state index is 0.100. The van der Waals surface area contributed by atoms with Crippen molar-refractivity contribution in [3.05, 3.63) is 11.9 Å². The predicted molar refractivity (Wildman–Crippen MR) is 72.2 cm³/mol. The first-order valence-electron chi connectivity index (χ1n) is 7.01. The Balaban J connectivity index is 2.04. The topological polar surface area (TPSA) is 83.0 Å². The summed E-state index contributed by atoms with van der Waals surface area (Å²) < 4.78 is 6.59. The molecule has 0 radical (unpaired) electrons. The number of hydrogen-bond acceptors (Lipinski definition) is 5. The Kier molecular flexibility index (Phi) is 7.81. The summed E-state index contributed by atoms with van der Waals surface area (Å²) in [5.41, 5.74) is 6.08. The number of rotatable bonds is 10. The second kappa shape index (κ2) is 9.49. The molecule has 1 aromatic heterocycles. The van der Waals surface area contributed by atoms with Crippen molar-refractivity contribution in [1.29, 1.82) is 0 Å². The highest BCUT2D eigenvalue weighted by Crippen LogP contribution is 2.05. The van der Waals surface area contributed by atoms with Gasteiger partial charge in [-0.1, -0.05) is 44.2 Å². The molecular weight excluding hydrogens is 244 g/mol. The maximum Gasteiger partial charge on any atom is 0.327 e. The van der Waals surface area contributed by atoms with Crippen LogP contribution in [0.15, 0.2) is 6.20 Å². The van der Waals surface area contributed by atoms with Gasteiger partial charge in [-0.2, -0.15) is 0 Å². The van der Waals surface area contributed by atoms with E-state index in [2.05, 4.69) is 17.2 Å². The van der Waals surface area contributed by atoms with Crippen LogP contribution in [0.3, 0.4) is 0 Å². The monoisotopic (exact) mass is 268 g/mol. The maximum atomic E-state index is 11.5. The Bertz CT molecular complexity index is 365. The molecule has 0 fully saturated rings. The van der Waals surface area contributed by atoms with Crippen molar-refractivity contribution >= 4 is 5.97 Å². The van der Waals surface area contributed by atoms with Gasteiger partial charge in [0, 0.05) is 6.54 Å². The second-order valence-corrected chi connectivity index (χ2v) is 4.60. The fourth-order valence-corrected chi connectivity index (χ4v) is 1.76. The molecule has 0 unspecified atom stereocenters. The summed E-state index contributed by atoms with van der Waals surface area (Å²) in [6, 6.07) is 0. The van der Waals surface area contributed by atoms with E-state index in [4.69, 9.17) is 10.5 Å². The SMILES string of the molecule is CCCCCCCCOC(=O)Cn1cc(CN)nn1. The van der Waals surface area contributed by atoms with Gasteiger partial charge in [0.25, 0.3) is 0 Å². The molecule has 108 valence electrons. The zero-order valence-corrected chi connectivity index (χ0v) is 11.7. The number of esters is 1. The first kappa shape index (κ1) is 15.6. The Morgan fingerprint density at radius 1 is 1.32 bits per heavy atom. The van der Waals surface area contributed by atoms with Crippen molar-refractivity contribution in [3.63, 3.8) is 0 Å². The summed E-state index contributed by atoms with van der Waals surface area (Å²) in [5, 5.41) is 7.60. The third-order valence-electron chi connectivity index (χ3n) is 2.85. The standard InChI is InChI=1S/C13H24N4O2/c1-2-3-4-5-6-7-8-19-13(18)11-17-10-12(9-14)15-16-17/h10H,2-9,11,14H2,1H3. The zero-order valence-electron chi connectivity index (χ0n) is 11.7. The van der Waals surface area contributed by atoms with E-state index in [1.165, 1.54) is 30.4 Å². The Morgan fingerprint density at radius 3 is 2.74 bits per heavy atom. The van der Waals surface area contributed by atoms with Crippen LogP contribution >= 0.6 is 0 Å². The van der Waals surface area contributed by atoms with E-state index in [-0.39, 0.29) is 12.5 Å². The molecule has 0 amide bonds. The average molecular weight is 268 g/mol. The molecule has 2 N–H and O–H groups in total. The van der Waals surface area contributed by atoms with E-state index in [1.807, 2.05) is 0 Å². The van der Waals surface area contributed by atoms with E-state index in [9.17, 15) is 4.79 Å². The highest BCUT2D eigenvalue weighted by Gasteiger charge is 2.06. The number of aromatic nitrogens is 3. The largest absolute Gasteiger partial charge is 0.464 e. The molecular formula is C13H24N4O2. The molecule has 0 saturated carbocycles. The van der Waals surface area contributed by atoms with Crippen molar-refractivity contribution in [2.24, 2.45) is 5.73 Å². The van der Waals surface area contributed by atoms with Crippen LogP contribution in [0.4, 0.5) is 0 Å². The molecule has 1 rings (SSSR count). The smallest absolute Gasteiger partial charge is 0.327 e. The lowest BCUT2D eigenvalue weighted by molar-refractivity contribution is -0.144. The number of carbonyl (C=O) groups is 1. The molecule has 6 nitrogen and oxygen atoms in total. The number of nitrogens with two attached hydrogens (primary N) is 1. The van der Waals surface area contributed by atoms with Gasteiger partial charge in [0.05, 0.1) is 18.5 Å². The summed E-state index contributed by atoms with van der Waals surface area (Å²) in [7, 11) is 0. The van der Waals surface area contributed by atoms with Gasteiger partial charge in [-0.15, -0.1) is 5.10 Å². The molecule has 1 heterocycles. The van der Waals surface area contributed by atoms with Crippen molar-refractivity contribution in [2.75, 3.05) is 6.61 Å². The van der Waals surface area contributed by atoms with E-state index >= 15 is 0 Å². The fourth-order valence-electron chi connectivity index (χ4n) is 1.76. The summed E-state index contributed by atoms with van der Waals surface area (Å²) in [6.45, 7) is 3.11. The highest BCUT2D eigenvalue weighted by atomic mass is 16.5. The molecule has 0 aliphatic heterocycles. The van der Waals surface area contributed by atoms with Crippen LogP contribution in [-0.2, 0) is 22.6 Å². The molecule has 0 saturated heterocycles. The van der Waals surface area contributed by atoms with Gasteiger partial charge in [0.1, 0.15) is 6.54 Å². The molecule has 19 heavy (non-hydrogen) atoms. The third-order valence-corrected chi connectivity index (χ3v) is 2.85. The summed E-state index contributed by atoms with van der Waals surface area (Å²) in [6.07, 6.45) is 8.73. The van der Waals surface area contributed by atoms with Crippen LogP contribution in [0.25, 0.3) is 0 Å². The Hall–Kier alpha value is -1.43. The van der Waals surface area contributed by atoms with Gasteiger partial charge in [-0.25, -0.2) is 4.68 Å². The second-order valence-electron chi connectivity index (χ2n) is 4.60. The number of ether oxygens (including phenoxy) is 1. The minimum Gasteiger partial charge on any atom is -0.464 e. The van der Waals surface area contributed by atoms with Gasteiger partial charge in [-0.3, -0.25) is 4.79 Å². The van der Waals surface area contributed by atoms with E-state index in [1.54, 1.807) is 6.20 Å². The first-order valence-corrected chi connectivity index (χ1v) is 7.01. The van der Waals surface area contributed by atoms with Crippen molar-refractivity contribution in [3.8, 4) is 0 Å². The number of carbonyl (C=O) groups excluding carboxylic acids is 1. The molecule has 0 aliphatic rings. The van der Waals surface area contributed by atoms with Crippen LogP contribution in [0.1, 0.15) is 51.1 Å². The molecule has 0 aromatic carbocycles. The van der Waals surface area contributed by atoms with Crippen LogP contribution < -0.4 is 5.73 Å². The molecule has 6 heteroatoms. The quantitative estimate of drug-likeness (QED) is 0.515. The Morgan fingerprint density at radius 2 is 2.05 bits per heavy atom. The predicted octanol–water partition coefficient (Wildman–Crippen LogP) is 1.64. The van der Waals surface area contributed by atoms with E-state index in [0.29, 0.717) is 18.8 Å². The van der Waals surface area contributed by atoms with E-state index in [0.717, 1.165) is 12.8 Å². The van der Waals surface area contributed by atoms with Crippen LogP contribution in [0, 0.1) is 0 Å². The summed E-state index contributed by atoms with van der Waals surface area (Å²) >= 11 is 0. The lowest BCUT2D eigenvalue weighted by Crippen LogP contribution is -2.14. The molecule has 0 bridgehead atoms. The van der Waals surface area contributed by atoms with Gasteiger partial charge >= 0.3 is 5.97 Å². The summed E-state index contributed by atoms with van der Waals surface area (Å²) in [5.74, 6) is -0.276. The molecule has 0 spiro atoms. The normalized spacial score (nSPS) is 10.6. The molecule has 0 atom stereocenters. The number of nitrogens with zero attached hydrogens (tertiary/aromatic N) is 3. The van der Waals surface area contributed by atoms with E-state index < -0.39 is 0 Å². The first-order chi connectivity index (χ1) is 9.26. The molecule has 0 aliphatic carbocycles.